The van der Waals surface area contributed by atoms with Crippen LogP contribution in [0.15, 0.2) is 0 Å². The van der Waals surface area contributed by atoms with Gasteiger partial charge in [-0.1, -0.05) is 13.3 Å². The van der Waals surface area contributed by atoms with Crippen molar-refractivity contribution in [2.75, 3.05) is 5.75 Å². The fourth-order valence-corrected chi connectivity index (χ4v) is 4.13. The summed E-state index contributed by atoms with van der Waals surface area (Å²) < 4.78 is 23.3. The van der Waals surface area contributed by atoms with Gasteiger partial charge < -0.3 is 0 Å². The lowest BCUT2D eigenvalue weighted by Crippen LogP contribution is -2.49. The van der Waals surface area contributed by atoms with Gasteiger partial charge in [-0.15, -0.1) is 0 Å². The topological polar surface area (TPSA) is 72.2 Å². The van der Waals surface area contributed by atoms with E-state index in [1.165, 1.54) is 0 Å². The van der Waals surface area contributed by atoms with Gasteiger partial charge in [0.15, 0.2) is 9.84 Å². The van der Waals surface area contributed by atoms with E-state index in [-0.39, 0.29) is 11.3 Å². The number of hydrogen-bond acceptors (Lipinski definition) is 4. The molecule has 0 radical (unpaired) electrons. The van der Waals surface area contributed by atoms with Gasteiger partial charge in [-0.2, -0.15) is 0 Å². The molecule has 2 atom stereocenters. The second kappa shape index (κ2) is 4.39. The van der Waals surface area contributed by atoms with Crippen LogP contribution >= 0.6 is 0 Å². The van der Waals surface area contributed by atoms with Crippen molar-refractivity contribution in [3.8, 4) is 0 Å². The molecule has 0 aromatic carbocycles. The smallest absolute Gasteiger partial charge is 0.154 e. The van der Waals surface area contributed by atoms with Gasteiger partial charge >= 0.3 is 0 Å². The van der Waals surface area contributed by atoms with Crippen molar-refractivity contribution in [3.05, 3.63) is 0 Å². The van der Waals surface area contributed by atoms with Crippen molar-refractivity contribution in [1.82, 2.24) is 5.43 Å². The zero-order valence-corrected chi connectivity index (χ0v) is 8.81. The van der Waals surface area contributed by atoms with Gasteiger partial charge in [0, 0.05) is 6.04 Å². The molecule has 0 bridgehead atoms. The Hall–Kier alpha value is -0.130. The first-order chi connectivity index (χ1) is 6.11. The quantitative estimate of drug-likeness (QED) is 0.511. The van der Waals surface area contributed by atoms with E-state index < -0.39 is 9.84 Å². The van der Waals surface area contributed by atoms with Gasteiger partial charge in [0.2, 0.25) is 0 Å². The molecule has 0 aromatic rings. The normalized spacial score (nSPS) is 29.8. The van der Waals surface area contributed by atoms with Crippen LogP contribution in [0.1, 0.15) is 32.6 Å². The number of nitrogens with one attached hydrogen (secondary N) is 1. The fraction of sp³-hybridized carbons (Fsp3) is 1.00. The van der Waals surface area contributed by atoms with E-state index in [0.717, 1.165) is 25.7 Å². The molecular weight excluding hydrogens is 188 g/mol. The predicted octanol–water partition coefficient (Wildman–Crippen LogP) is 0.196. The summed E-state index contributed by atoms with van der Waals surface area (Å²) in [6.07, 6.45) is 3.33. The third kappa shape index (κ3) is 2.42. The van der Waals surface area contributed by atoms with Crippen LogP contribution in [0.25, 0.3) is 0 Å². The Morgan fingerprint density at radius 3 is 2.69 bits per heavy atom. The maximum Gasteiger partial charge on any atom is 0.154 e. The molecule has 1 aliphatic heterocycles. The van der Waals surface area contributed by atoms with Gasteiger partial charge in [0.05, 0.1) is 11.0 Å². The van der Waals surface area contributed by atoms with E-state index in [2.05, 4.69) is 5.43 Å². The molecule has 3 N–H and O–H groups in total. The van der Waals surface area contributed by atoms with Crippen LogP contribution in [0.3, 0.4) is 0 Å². The van der Waals surface area contributed by atoms with Gasteiger partial charge in [0.1, 0.15) is 0 Å². The Kier molecular flexibility index (Phi) is 3.70. The second-order valence-corrected chi connectivity index (χ2v) is 5.92. The lowest BCUT2D eigenvalue weighted by molar-refractivity contribution is 0.434. The van der Waals surface area contributed by atoms with Crippen molar-refractivity contribution in [1.29, 1.82) is 0 Å². The van der Waals surface area contributed by atoms with Crippen molar-refractivity contribution in [2.45, 2.75) is 43.9 Å². The first-order valence-corrected chi connectivity index (χ1v) is 6.51. The Morgan fingerprint density at radius 1 is 1.54 bits per heavy atom. The van der Waals surface area contributed by atoms with Crippen LogP contribution in [-0.2, 0) is 9.84 Å². The molecule has 0 spiro atoms. The highest BCUT2D eigenvalue weighted by Gasteiger charge is 2.33. The summed E-state index contributed by atoms with van der Waals surface area (Å²) in [6, 6.07) is -0.0784. The molecule has 0 amide bonds. The average Bonchev–Trinajstić information content (AvgIpc) is 2.09. The van der Waals surface area contributed by atoms with E-state index in [0.29, 0.717) is 5.75 Å². The van der Waals surface area contributed by atoms with Gasteiger partial charge in [-0.25, -0.2) is 8.42 Å². The average molecular weight is 206 g/mol. The van der Waals surface area contributed by atoms with E-state index in [9.17, 15) is 8.42 Å². The highest BCUT2D eigenvalue weighted by molar-refractivity contribution is 7.92. The van der Waals surface area contributed by atoms with Gasteiger partial charge in [-0.05, 0) is 19.3 Å². The number of sulfone groups is 1. The Bertz CT molecular complexity index is 247. The van der Waals surface area contributed by atoms with Crippen LogP contribution in [-0.4, -0.2) is 25.5 Å². The molecule has 1 rings (SSSR count). The summed E-state index contributed by atoms with van der Waals surface area (Å²) in [7, 11) is -2.89. The van der Waals surface area contributed by atoms with Crippen LogP contribution in [0.4, 0.5) is 0 Å². The van der Waals surface area contributed by atoms with E-state index >= 15 is 0 Å². The third-order valence-electron chi connectivity index (χ3n) is 2.73. The van der Waals surface area contributed by atoms with E-state index in [1.54, 1.807) is 0 Å². The first-order valence-electron chi connectivity index (χ1n) is 4.79. The maximum absolute atomic E-state index is 11.6. The lowest BCUT2D eigenvalue weighted by atomic mass is 10.1. The SMILES string of the molecule is CCC(NN)C1CCCCS1(=O)=O. The molecule has 1 aliphatic rings. The standard InChI is InChI=1S/C8H18N2O2S/c1-2-7(10-9)8-5-3-4-6-13(8,11)12/h7-8,10H,2-6,9H2,1H3. The Morgan fingerprint density at radius 2 is 2.23 bits per heavy atom. The lowest BCUT2D eigenvalue weighted by Gasteiger charge is -2.28. The Balaban J connectivity index is 2.75. The zero-order valence-electron chi connectivity index (χ0n) is 7.99. The van der Waals surface area contributed by atoms with Crippen LogP contribution < -0.4 is 11.3 Å². The molecular formula is C8H18N2O2S. The molecule has 78 valence electrons. The molecule has 1 heterocycles. The summed E-state index contributed by atoms with van der Waals surface area (Å²) in [5.41, 5.74) is 2.60. The first kappa shape index (κ1) is 10.9. The highest BCUT2D eigenvalue weighted by atomic mass is 32.2. The largest absolute Gasteiger partial charge is 0.271 e. The maximum atomic E-state index is 11.6. The summed E-state index contributed by atoms with van der Waals surface area (Å²) in [5, 5.41) is -0.267. The van der Waals surface area contributed by atoms with E-state index in [4.69, 9.17) is 5.84 Å². The summed E-state index contributed by atoms with van der Waals surface area (Å²) in [5.74, 6) is 5.65. The van der Waals surface area contributed by atoms with Crippen LogP contribution in [0.2, 0.25) is 0 Å². The minimum absolute atomic E-state index is 0.0784. The second-order valence-electron chi connectivity index (χ2n) is 3.58. The van der Waals surface area contributed by atoms with Crippen molar-refractivity contribution >= 4 is 9.84 Å². The summed E-state index contributed by atoms with van der Waals surface area (Å²) >= 11 is 0. The highest BCUT2D eigenvalue weighted by Crippen LogP contribution is 2.23. The van der Waals surface area contributed by atoms with Gasteiger partial charge in [-0.3, -0.25) is 11.3 Å². The minimum atomic E-state index is -2.89. The number of nitrogens with two attached hydrogens (primary N) is 1. The molecule has 0 aliphatic carbocycles. The monoisotopic (exact) mass is 206 g/mol. The van der Waals surface area contributed by atoms with Crippen molar-refractivity contribution in [2.24, 2.45) is 5.84 Å². The van der Waals surface area contributed by atoms with E-state index in [1.807, 2.05) is 6.92 Å². The molecule has 2 unspecified atom stereocenters. The number of hydrogen-bond donors (Lipinski definition) is 2. The summed E-state index contributed by atoms with van der Waals surface area (Å²) in [4.78, 5) is 0. The Labute approximate surface area is 79.8 Å². The van der Waals surface area contributed by atoms with Crippen LogP contribution in [0.5, 0.6) is 0 Å². The molecule has 5 heteroatoms. The third-order valence-corrected chi connectivity index (χ3v) is 5.08. The molecule has 0 saturated carbocycles. The molecule has 4 nitrogen and oxygen atoms in total. The van der Waals surface area contributed by atoms with Crippen molar-refractivity contribution in [3.63, 3.8) is 0 Å². The predicted molar refractivity (Wildman–Crippen MR) is 52.8 cm³/mol. The molecule has 1 saturated heterocycles. The van der Waals surface area contributed by atoms with Crippen LogP contribution in [0, 0.1) is 0 Å². The van der Waals surface area contributed by atoms with Crippen molar-refractivity contribution < 1.29 is 8.42 Å². The number of rotatable bonds is 3. The minimum Gasteiger partial charge on any atom is -0.271 e. The fourth-order valence-electron chi connectivity index (χ4n) is 1.92. The van der Waals surface area contributed by atoms with Gasteiger partial charge in [0.25, 0.3) is 0 Å². The molecule has 0 aromatic heterocycles. The number of hydrazine groups is 1. The summed E-state index contributed by atoms with van der Waals surface area (Å²) in [6.45, 7) is 1.95. The molecule has 1 fully saturated rings. The molecule has 13 heavy (non-hydrogen) atoms. The zero-order chi connectivity index (χ0) is 9.90.